The van der Waals surface area contributed by atoms with Crippen molar-refractivity contribution in [3.05, 3.63) is 34.1 Å². The van der Waals surface area contributed by atoms with Crippen LogP contribution in [-0.2, 0) is 6.54 Å². The Balaban J connectivity index is 0.00000162. The molecule has 18 heavy (non-hydrogen) atoms. The van der Waals surface area contributed by atoms with Gasteiger partial charge in [0.15, 0.2) is 0 Å². The average molecular weight is 338 g/mol. The second-order valence-corrected chi connectivity index (χ2v) is 5.46. The molecule has 1 unspecified atom stereocenters. The summed E-state index contributed by atoms with van der Waals surface area (Å²) in [5.41, 5.74) is 6.93. The van der Waals surface area contributed by atoms with Gasteiger partial charge in [0.05, 0.1) is 4.47 Å². The van der Waals surface area contributed by atoms with E-state index in [0.29, 0.717) is 17.1 Å². The maximum absolute atomic E-state index is 13.1. The summed E-state index contributed by atoms with van der Waals surface area (Å²) in [6.07, 6.45) is 3.68. The van der Waals surface area contributed by atoms with Crippen molar-refractivity contribution in [2.24, 2.45) is 5.73 Å². The van der Waals surface area contributed by atoms with Gasteiger partial charge in [0, 0.05) is 19.1 Å². The van der Waals surface area contributed by atoms with Crippen molar-refractivity contribution < 1.29 is 4.39 Å². The van der Waals surface area contributed by atoms with Gasteiger partial charge in [-0.05, 0) is 53.0 Å². The Morgan fingerprint density at radius 3 is 2.83 bits per heavy atom. The van der Waals surface area contributed by atoms with Crippen LogP contribution in [-0.4, -0.2) is 24.0 Å². The van der Waals surface area contributed by atoms with Gasteiger partial charge in [-0.1, -0.05) is 12.5 Å². The molecule has 1 heterocycles. The molecule has 0 bridgehead atoms. The maximum atomic E-state index is 13.1. The summed E-state index contributed by atoms with van der Waals surface area (Å²) in [5.74, 6) is -0.206. The first-order valence-corrected chi connectivity index (χ1v) is 6.88. The second-order valence-electron chi connectivity index (χ2n) is 4.60. The van der Waals surface area contributed by atoms with Gasteiger partial charge in [0.25, 0.3) is 0 Å². The molecular weight excluding hydrogens is 319 g/mol. The lowest BCUT2D eigenvalue weighted by Gasteiger charge is -2.35. The van der Waals surface area contributed by atoms with Crippen LogP contribution in [0.25, 0.3) is 0 Å². The second kappa shape index (κ2) is 7.43. The van der Waals surface area contributed by atoms with Gasteiger partial charge in [-0.2, -0.15) is 0 Å². The Hall–Kier alpha value is -0.160. The third-order valence-electron chi connectivity index (χ3n) is 3.39. The van der Waals surface area contributed by atoms with Crippen molar-refractivity contribution in [1.82, 2.24) is 4.90 Å². The van der Waals surface area contributed by atoms with Crippen LogP contribution in [0.4, 0.5) is 4.39 Å². The number of benzene rings is 1. The van der Waals surface area contributed by atoms with Gasteiger partial charge in [-0.25, -0.2) is 4.39 Å². The highest BCUT2D eigenvalue weighted by atomic mass is 79.9. The van der Waals surface area contributed by atoms with E-state index in [4.69, 9.17) is 5.73 Å². The summed E-state index contributed by atoms with van der Waals surface area (Å²) in [6, 6.07) is 5.70. The Morgan fingerprint density at radius 2 is 2.17 bits per heavy atom. The SMILES string of the molecule is Cl.NCC1CCCCN1Cc1ccc(F)c(Br)c1. The Kier molecular flexibility index (Phi) is 6.57. The summed E-state index contributed by atoms with van der Waals surface area (Å²) >= 11 is 3.22. The van der Waals surface area contributed by atoms with E-state index < -0.39 is 0 Å². The number of hydrogen-bond donors (Lipinski definition) is 1. The molecule has 2 N–H and O–H groups in total. The van der Waals surface area contributed by atoms with Crippen LogP contribution < -0.4 is 5.73 Å². The highest BCUT2D eigenvalue weighted by Gasteiger charge is 2.21. The molecule has 5 heteroatoms. The highest BCUT2D eigenvalue weighted by Crippen LogP contribution is 2.22. The summed E-state index contributed by atoms with van der Waals surface area (Å²) < 4.78 is 13.7. The van der Waals surface area contributed by atoms with E-state index in [2.05, 4.69) is 20.8 Å². The molecule has 0 aliphatic carbocycles. The summed E-state index contributed by atoms with van der Waals surface area (Å²) in [4.78, 5) is 2.41. The summed E-state index contributed by atoms with van der Waals surface area (Å²) in [5, 5.41) is 0. The molecule has 1 aliphatic rings. The smallest absolute Gasteiger partial charge is 0.137 e. The van der Waals surface area contributed by atoms with Crippen LogP contribution in [0, 0.1) is 5.82 Å². The molecule has 0 aromatic heterocycles. The Bertz CT molecular complexity index is 389. The molecule has 0 amide bonds. The van der Waals surface area contributed by atoms with Gasteiger partial charge < -0.3 is 5.73 Å². The lowest BCUT2D eigenvalue weighted by Crippen LogP contribution is -2.43. The van der Waals surface area contributed by atoms with E-state index in [-0.39, 0.29) is 18.2 Å². The summed E-state index contributed by atoms with van der Waals surface area (Å²) in [7, 11) is 0. The number of halogens is 3. The van der Waals surface area contributed by atoms with Gasteiger partial charge in [-0.3, -0.25) is 4.90 Å². The molecule has 1 atom stereocenters. The van der Waals surface area contributed by atoms with Crippen LogP contribution in [0.2, 0.25) is 0 Å². The first kappa shape index (κ1) is 15.9. The molecule has 2 rings (SSSR count). The topological polar surface area (TPSA) is 29.3 Å². The van der Waals surface area contributed by atoms with E-state index in [9.17, 15) is 4.39 Å². The van der Waals surface area contributed by atoms with E-state index in [0.717, 1.165) is 18.7 Å². The third-order valence-corrected chi connectivity index (χ3v) is 4.00. The average Bonchev–Trinajstić information content (AvgIpc) is 2.34. The molecule has 0 saturated carbocycles. The van der Waals surface area contributed by atoms with Crippen LogP contribution in [0.5, 0.6) is 0 Å². The molecule has 2 nitrogen and oxygen atoms in total. The molecular formula is C13H19BrClFN2. The normalized spacial score (nSPS) is 20.5. The largest absolute Gasteiger partial charge is 0.329 e. The van der Waals surface area contributed by atoms with Crippen LogP contribution in [0.3, 0.4) is 0 Å². The zero-order valence-corrected chi connectivity index (χ0v) is 12.6. The fourth-order valence-electron chi connectivity index (χ4n) is 2.41. The van der Waals surface area contributed by atoms with E-state index in [1.807, 2.05) is 12.1 Å². The zero-order valence-electron chi connectivity index (χ0n) is 10.2. The van der Waals surface area contributed by atoms with Crippen molar-refractivity contribution >= 4 is 28.3 Å². The quantitative estimate of drug-likeness (QED) is 0.917. The van der Waals surface area contributed by atoms with Crippen LogP contribution in [0.1, 0.15) is 24.8 Å². The van der Waals surface area contributed by atoms with Crippen LogP contribution in [0.15, 0.2) is 22.7 Å². The predicted molar refractivity (Wildman–Crippen MR) is 78.5 cm³/mol. The van der Waals surface area contributed by atoms with Crippen molar-refractivity contribution in [3.8, 4) is 0 Å². The van der Waals surface area contributed by atoms with Crippen LogP contribution >= 0.6 is 28.3 Å². The number of nitrogens with two attached hydrogens (primary N) is 1. The van der Waals surface area contributed by atoms with E-state index >= 15 is 0 Å². The monoisotopic (exact) mass is 336 g/mol. The maximum Gasteiger partial charge on any atom is 0.137 e. The van der Waals surface area contributed by atoms with Crippen molar-refractivity contribution in [1.29, 1.82) is 0 Å². The molecule has 102 valence electrons. The molecule has 0 spiro atoms. The number of piperidine rings is 1. The molecule has 1 saturated heterocycles. The third kappa shape index (κ3) is 3.92. The fraction of sp³-hybridized carbons (Fsp3) is 0.538. The van der Waals surface area contributed by atoms with Gasteiger partial charge in [-0.15, -0.1) is 12.4 Å². The van der Waals surface area contributed by atoms with Crippen molar-refractivity contribution in [2.75, 3.05) is 13.1 Å². The highest BCUT2D eigenvalue weighted by molar-refractivity contribution is 9.10. The number of nitrogens with zero attached hydrogens (tertiary/aromatic N) is 1. The molecule has 1 fully saturated rings. The van der Waals surface area contributed by atoms with Crippen molar-refractivity contribution in [2.45, 2.75) is 31.8 Å². The minimum atomic E-state index is -0.206. The number of likely N-dealkylation sites (tertiary alicyclic amines) is 1. The lowest BCUT2D eigenvalue weighted by molar-refractivity contribution is 0.145. The van der Waals surface area contributed by atoms with E-state index in [1.54, 1.807) is 0 Å². The molecule has 1 aliphatic heterocycles. The first-order chi connectivity index (χ1) is 8.20. The fourth-order valence-corrected chi connectivity index (χ4v) is 2.83. The van der Waals surface area contributed by atoms with Crippen molar-refractivity contribution in [3.63, 3.8) is 0 Å². The van der Waals surface area contributed by atoms with Gasteiger partial charge in [0.2, 0.25) is 0 Å². The van der Waals surface area contributed by atoms with E-state index in [1.165, 1.54) is 25.3 Å². The number of rotatable bonds is 3. The van der Waals surface area contributed by atoms with Gasteiger partial charge in [0.1, 0.15) is 5.82 Å². The Labute approximate surface area is 122 Å². The minimum absolute atomic E-state index is 0. The predicted octanol–water partition coefficient (Wildman–Crippen LogP) is 3.32. The summed E-state index contributed by atoms with van der Waals surface area (Å²) in [6.45, 7) is 2.67. The Morgan fingerprint density at radius 1 is 1.39 bits per heavy atom. The standard InChI is InChI=1S/C13H18BrFN2.ClH/c14-12-7-10(4-5-13(12)15)9-17-6-2-1-3-11(17)8-16;/h4-5,7,11H,1-3,6,8-9,16H2;1H. The molecule has 1 aromatic carbocycles. The minimum Gasteiger partial charge on any atom is -0.329 e. The molecule has 1 aromatic rings. The lowest BCUT2D eigenvalue weighted by atomic mass is 10.0. The zero-order chi connectivity index (χ0) is 12.3. The number of hydrogen-bond acceptors (Lipinski definition) is 2. The molecule has 0 radical (unpaired) electrons. The van der Waals surface area contributed by atoms with Gasteiger partial charge >= 0.3 is 0 Å². The first-order valence-electron chi connectivity index (χ1n) is 6.08.